The number of hydrogen-bond donors (Lipinski definition) is 3. The van der Waals surface area contributed by atoms with Gasteiger partial charge < -0.3 is 21.5 Å². The van der Waals surface area contributed by atoms with Crippen molar-refractivity contribution in [1.29, 1.82) is 0 Å². The van der Waals surface area contributed by atoms with Crippen LogP contribution >= 0.6 is 11.6 Å². The summed E-state index contributed by atoms with van der Waals surface area (Å²) in [7, 11) is 0. The van der Waals surface area contributed by atoms with Gasteiger partial charge in [-0.25, -0.2) is 4.79 Å². The van der Waals surface area contributed by atoms with Crippen molar-refractivity contribution in [2.75, 3.05) is 13.1 Å². The molecular weight excluding hydrogens is 426 g/mol. The molecule has 7 heteroatoms. The average Bonchev–Trinajstić information content (AvgIpc) is 3.02. The van der Waals surface area contributed by atoms with Crippen LogP contribution in [0.1, 0.15) is 53.6 Å². The first-order valence-corrected chi connectivity index (χ1v) is 11.4. The molecule has 0 aromatic heterocycles. The third-order valence-corrected chi connectivity index (χ3v) is 6.68. The molecule has 1 saturated carbocycles. The van der Waals surface area contributed by atoms with Crippen molar-refractivity contribution in [3.8, 4) is 11.1 Å². The Bertz CT molecular complexity index is 1100. The summed E-state index contributed by atoms with van der Waals surface area (Å²) in [6.45, 7) is 2.71. The fourth-order valence-corrected chi connectivity index (χ4v) is 4.93. The lowest BCUT2D eigenvalue weighted by Crippen LogP contribution is -2.37. The highest BCUT2D eigenvalue weighted by molar-refractivity contribution is 6.34. The molecule has 32 heavy (non-hydrogen) atoms. The second kappa shape index (κ2) is 8.96. The number of halogens is 1. The van der Waals surface area contributed by atoms with E-state index in [0.29, 0.717) is 40.5 Å². The van der Waals surface area contributed by atoms with Gasteiger partial charge in [-0.05, 0) is 73.6 Å². The summed E-state index contributed by atoms with van der Waals surface area (Å²) >= 11 is 6.67. The third-order valence-electron chi connectivity index (χ3n) is 6.36. The van der Waals surface area contributed by atoms with Gasteiger partial charge in [0.05, 0.1) is 11.3 Å². The molecule has 1 heterocycles. The highest BCUT2D eigenvalue weighted by atomic mass is 35.5. The molecule has 1 aliphatic heterocycles. The molecule has 2 aliphatic rings. The third kappa shape index (κ3) is 4.00. The number of aryl methyl sites for hydroxylation is 1. The van der Waals surface area contributed by atoms with Crippen LogP contribution in [0, 0.1) is 6.92 Å². The maximum atomic E-state index is 12.8. The summed E-state index contributed by atoms with van der Waals surface area (Å²) in [4.78, 5) is 25.1. The van der Waals surface area contributed by atoms with Gasteiger partial charge in [-0.3, -0.25) is 4.79 Å². The lowest BCUT2D eigenvalue weighted by atomic mass is 9.81. The second-order valence-corrected chi connectivity index (χ2v) is 8.91. The molecule has 0 bridgehead atoms. The smallest absolute Gasteiger partial charge is 0.341 e. The van der Waals surface area contributed by atoms with Crippen LogP contribution in [-0.2, 0) is 9.53 Å². The molecule has 1 amide bonds. The number of nitrogens with two attached hydrogens (primary N) is 2. The summed E-state index contributed by atoms with van der Waals surface area (Å²) in [5.41, 5.74) is 15.9. The molecular formula is C25H28ClN3O3. The number of carbonyl (C=O) groups is 2. The number of ether oxygens (including phenoxy) is 1. The minimum atomic E-state index is -0.673. The molecule has 0 radical (unpaired) electrons. The molecule has 5 N–H and O–H groups in total. The van der Waals surface area contributed by atoms with E-state index in [0.717, 1.165) is 48.8 Å². The molecule has 1 spiro atoms. The standard InChI is InChI=1S/C25H28ClN3O3/c1-15-12-19(16-6-5-7-17(13-16)23(30)29-11-10-27)20(26)14-18(15)21-22(28)25(32-24(21)31)8-3-2-4-9-25/h5-7,12-14H,2-4,8-11,27-28H2,1H3,(H,29,30). The molecule has 0 saturated heterocycles. The maximum Gasteiger partial charge on any atom is 0.341 e. The van der Waals surface area contributed by atoms with E-state index in [4.69, 9.17) is 27.8 Å². The number of amides is 1. The van der Waals surface area contributed by atoms with Gasteiger partial charge in [0.2, 0.25) is 0 Å². The van der Waals surface area contributed by atoms with Crippen molar-refractivity contribution >= 4 is 29.1 Å². The number of esters is 1. The van der Waals surface area contributed by atoms with Gasteiger partial charge in [-0.2, -0.15) is 0 Å². The van der Waals surface area contributed by atoms with E-state index < -0.39 is 5.60 Å². The number of nitrogens with one attached hydrogen (secondary N) is 1. The van der Waals surface area contributed by atoms with Crippen LogP contribution in [-0.4, -0.2) is 30.6 Å². The van der Waals surface area contributed by atoms with Gasteiger partial charge in [-0.15, -0.1) is 0 Å². The van der Waals surface area contributed by atoms with Crippen LogP contribution in [0.2, 0.25) is 5.02 Å². The van der Waals surface area contributed by atoms with Crippen molar-refractivity contribution in [2.45, 2.75) is 44.6 Å². The van der Waals surface area contributed by atoms with E-state index in [-0.39, 0.29) is 11.9 Å². The molecule has 6 nitrogen and oxygen atoms in total. The first-order valence-electron chi connectivity index (χ1n) is 11.0. The quantitative estimate of drug-likeness (QED) is 0.594. The molecule has 2 aromatic carbocycles. The van der Waals surface area contributed by atoms with E-state index in [1.165, 1.54) is 0 Å². The fraction of sp³-hybridized carbons (Fsp3) is 0.360. The predicted molar refractivity (Wildman–Crippen MR) is 126 cm³/mol. The van der Waals surface area contributed by atoms with E-state index in [2.05, 4.69) is 5.32 Å². The highest BCUT2D eigenvalue weighted by Crippen LogP contribution is 2.45. The first-order chi connectivity index (χ1) is 15.4. The Morgan fingerprint density at radius 1 is 1.16 bits per heavy atom. The molecule has 1 fully saturated rings. The zero-order chi connectivity index (χ0) is 22.9. The molecule has 0 unspecified atom stereocenters. The zero-order valence-corrected chi connectivity index (χ0v) is 18.9. The largest absolute Gasteiger partial charge is 0.449 e. The van der Waals surface area contributed by atoms with Crippen LogP contribution in [0.25, 0.3) is 16.7 Å². The molecule has 168 valence electrons. The van der Waals surface area contributed by atoms with Crippen LogP contribution in [0.3, 0.4) is 0 Å². The van der Waals surface area contributed by atoms with Gasteiger partial charge in [0.1, 0.15) is 0 Å². The Hall–Kier alpha value is -2.83. The average molecular weight is 454 g/mol. The van der Waals surface area contributed by atoms with Gasteiger partial charge in [0.25, 0.3) is 5.91 Å². The topological polar surface area (TPSA) is 107 Å². The Morgan fingerprint density at radius 2 is 1.91 bits per heavy atom. The first kappa shape index (κ1) is 22.4. The zero-order valence-electron chi connectivity index (χ0n) is 18.2. The van der Waals surface area contributed by atoms with E-state index >= 15 is 0 Å². The lowest BCUT2D eigenvalue weighted by molar-refractivity contribution is -0.147. The highest BCUT2D eigenvalue weighted by Gasteiger charge is 2.47. The van der Waals surface area contributed by atoms with Crippen molar-refractivity contribution in [3.63, 3.8) is 0 Å². The minimum Gasteiger partial charge on any atom is -0.449 e. The number of hydrogen-bond acceptors (Lipinski definition) is 5. The van der Waals surface area contributed by atoms with Crippen molar-refractivity contribution in [3.05, 3.63) is 63.8 Å². The van der Waals surface area contributed by atoms with Crippen LogP contribution in [0.4, 0.5) is 0 Å². The number of carbonyl (C=O) groups excluding carboxylic acids is 2. The number of rotatable bonds is 5. The van der Waals surface area contributed by atoms with Crippen molar-refractivity contribution in [1.82, 2.24) is 5.32 Å². The Balaban J connectivity index is 1.71. The van der Waals surface area contributed by atoms with E-state index in [9.17, 15) is 9.59 Å². The summed E-state index contributed by atoms with van der Waals surface area (Å²) in [6, 6.07) is 10.9. The Kier molecular flexibility index (Phi) is 6.26. The summed E-state index contributed by atoms with van der Waals surface area (Å²) in [6.07, 6.45) is 4.64. The molecule has 2 aromatic rings. The van der Waals surface area contributed by atoms with Crippen LogP contribution < -0.4 is 16.8 Å². The van der Waals surface area contributed by atoms with Crippen molar-refractivity contribution < 1.29 is 14.3 Å². The van der Waals surface area contributed by atoms with E-state index in [1.54, 1.807) is 18.2 Å². The molecule has 0 atom stereocenters. The Labute approximate surface area is 193 Å². The van der Waals surface area contributed by atoms with E-state index in [1.807, 2.05) is 25.1 Å². The monoisotopic (exact) mass is 453 g/mol. The molecule has 1 aliphatic carbocycles. The van der Waals surface area contributed by atoms with Crippen LogP contribution in [0.15, 0.2) is 42.1 Å². The second-order valence-electron chi connectivity index (χ2n) is 8.51. The van der Waals surface area contributed by atoms with Gasteiger partial charge in [-0.1, -0.05) is 30.2 Å². The van der Waals surface area contributed by atoms with Gasteiger partial charge in [0.15, 0.2) is 5.60 Å². The Morgan fingerprint density at radius 3 is 2.62 bits per heavy atom. The van der Waals surface area contributed by atoms with Gasteiger partial charge in [0, 0.05) is 29.2 Å². The summed E-state index contributed by atoms with van der Waals surface area (Å²) in [5, 5.41) is 3.24. The summed E-state index contributed by atoms with van der Waals surface area (Å²) in [5.74, 6) is -0.568. The normalized spacial score (nSPS) is 17.5. The van der Waals surface area contributed by atoms with Crippen molar-refractivity contribution in [2.24, 2.45) is 11.5 Å². The fourth-order valence-electron chi connectivity index (χ4n) is 4.66. The summed E-state index contributed by atoms with van der Waals surface area (Å²) < 4.78 is 5.82. The van der Waals surface area contributed by atoms with Gasteiger partial charge >= 0.3 is 5.97 Å². The van der Waals surface area contributed by atoms with Crippen LogP contribution in [0.5, 0.6) is 0 Å². The minimum absolute atomic E-state index is 0.189. The lowest BCUT2D eigenvalue weighted by Gasteiger charge is -2.32. The molecule has 4 rings (SSSR count). The SMILES string of the molecule is Cc1cc(-c2cccc(C(=O)NCCN)c2)c(Cl)cc1C1=C(N)C2(CCCCC2)OC1=O. The predicted octanol–water partition coefficient (Wildman–Crippen LogP) is 3.93. The number of benzene rings is 2. The maximum absolute atomic E-state index is 12.8.